The molecule has 1 aliphatic rings. The first-order chi connectivity index (χ1) is 17.9. The number of piperidine rings is 1. The fourth-order valence-electron chi connectivity index (χ4n) is 5.21. The minimum absolute atomic E-state index is 0.345. The minimum atomic E-state index is -3.15. The number of pyridine rings is 1. The van der Waals surface area contributed by atoms with Gasteiger partial charge in [0.05, 0.1) is 17.5 Å². The molecule has 0 unspecified atom stereocenters. The molecule has 8 nitrogen and oxygen atoms in total. The summed E-state index contributed by atoms with van der Waals surface area (Å²) in [5.41, 5.74) is 11.7. The highest BCUT2D eigenvalue weighted by molar-refractivity contribution is 7.88. The number of imidazole rings is 1. The van der Waals surface area contributed by atoms with Crippen LogP contribution in [-0.4, -0.2) is 51.4 Å². The van der Waals surface area contributed by atoms with E-state index in [1.54, 1.807) is 10.5 Å². The van der Waals surface area contributed by atoms with E-state index >= 15 is 0 Å². The van der Waals surface area contributed by atoms with Gasteiger partial charge < -0.3 is 5.73 Å². The quantitative estimate of drug-likeness (QED) is 0.374. The van der Waals surface area contributed by atoms with Crippen LogP contribution in [0, 0.1) is 5.92 Å². The van der Waals surface area contributed by atoms with Gasteiger partial charge in [0.1, 0.15) is 22.9 Å². The summed E-state index contributed by atoms with van der Waals surface area (Å²) in [7, 11) is -3.15. The summed E-state index contributed by atoms with van der Waals surface area (Å²) in [5.74, 6) is 1.68. The van der Waals surface area contributed by atoms with Crippen LogP contribution in [0.3, 0.4) is 0 Å². The van der Waals surface area contributed by atoms with E-state index in [1.165, 1.54) is 6.26 Å². The van der Waals surface area contributed by atoms with Gasteiger partial charge in [-0.25, -0.2) is 27.7 Å². The molecule has 1 aliphatic heterocycles. The molecule has 2 N–H and O–H groups in total. The van der Waals surface area contributed by atoms with Crippen molar-refractivity contribution >= 4 is 32.3 Å². The average Bonchev–Trinajstić information content (AvgIpc) is 3.28. The Balaban J connectivity index is 1.37. The van der Waals surface area contributed by atoms with Crippen LogP contribution in [0.5, 0.6) is 0 Å². The van der Waals surface area contributed by atoms with Gasteiger partial charge in [-0.05, 0) is 30.9 Å². The van der Waals surface area contributed by atoms with Crippen molar-refractivity contribution in [3.63, 3.8) is 0 Å². The Morgan fingerprint density at radius 3 is 2.49 bits per heavy atom. The van der Waals surface area contributed by atoms with Crippen molar-refractivity contribution in [1.82, 2.24) is 23.7 Å². The molecular formula is C28H28N6O2S. The summed E-state index contributed by atoms with van der Waals surface area (Å²) >= 11 is 0. The lowest BCUT2D eigenvalue weighted by Crippen LogP contribution is -2.38. The molecule has 0 spiro atoms. The van der Waals surface area contributed by atoms with Gasteiger partial charge >= 0.3 is 0 Å². The second kappa shape index (κ2) is 9.24. The van der Waals surface area contributed by atoms with E-state index in [2.05, 4.69) is 41.4 Å². The molecule has 0 amide bonds. The lowest BCUT2D eigenvalue weighted by Gasteiger charge is -2.29. The van der Waals surface area contributed by atoms with E-state index in [1.807, 2.05) is 34.9 Å². The summed E-state index contributed by atoms with van der Waals surface area (Å²) in [6, 6.07) is 20.4. The number of anilines is 1. The van der Waals surface area contributed by atoms with E-state index in [4.69, 9.17) is 15.7 Å². The maximum absolute atomic E-state index is 11.9. The summed E-state index contributed by atoms with van der Waals surface area (Å²) in [6.45, 7) is 1.09. The number of hydrogen-bond donors (Lipinski definition) is 1. The number of rotatable bonds is 5. The summed E-state index contributed by atoms with van der Waals surface area (Å²) < 4.78 is 27.4. The van der Waals surface area contributed by atoms with Crippen LogP contribution in [-0.2, 0) is 16.4 Å². The standard InChI is InChI=1S/C28H28N6O2S/c1-37(35,36)33-14-11-19(12-15-33)17-25-32-26(27-28(29)30-13-16-34(25)27)22-8-7-21-9-10-23(31-24(21)18-22)20-5-3-2-4-6-20/h2-10,13,16,18-19H,11-12,14-15,17H2,1H3,(H2,29,30). The predicted octanol–water partition coefficient (Wildman–Crippen LogP) is 4.41. The molecule has 0 radical (unpaired) electrons. The maximum atomic E-state index is 11.9. The lowest BCUT2D eigenvalue weighted by molar-refractivity contribution is 0.271. The molecular weight excluding hydrogens is 484 g/mol. The Morgan fingerprint density at radius 2 is 1.73 bits per heavy atom. The number of fused-ring (bicyclic) bond motifs is 2. The smallest absolute Gasteiger partial charge is 0.211 e. The van der Waals surface area contributed by atoms with Gasteiger partial charge in [-0.2, -0.15) is 0 Å². The van der Waals surface area contributed by atoms with Crippen molar-refractivity contribution in [2.24, 2.45) is 5.92 Å². The van der Waals surface area contributed by atoms with Crippen LogP contribution in [0.25, 0.3) is 38.9 Å². The van der Waals surface area contributed by atoms with E-state index in [0.29, 0.717) is 24.8 Å². The van der Waals surface area contributed by atoms with Crippen molar-refractivity contribution in [1.29, 1.82) is 0 Å². The molecule has 0 aliphatic carbocycles. The fourth-order valence-corrected chi connectivity index (χ4v) is 6.08. The van der Waals surface area contributed by atoms with Crippen LogP contribution < -0.4 is 5.73 Å². The first-order valence-electron chi connectivity index (χ1n) is 12.4. The highest BCUT2D eigenvalue weighted by Gasteiger charge is 2.27. The molecule has 3 aromatic heterocycles. The molecule has 4 heterocycles. The monoisotopic (exact) mass is 512 g/mol. The number of aromatic nitrogens is 4. The van der Waals surface area contributed by atoms with E-state index in [9.17, 15) is 8.42 Å². The summed E-state index contributed by atoms with van der Waals surface area (Å²) in [4.78, 5) is 14.3. The molecule has 2 aromatic carbocycles. The van der Waals surface area contributed by atoms with Crippen LogP contribution in [0.4, 0.5) is 5.82 Å². The zero-order valence-electron chi connectivity index (χ0n) is 20.6. The maximum Gasteiger partial charge on any atom is 0.211 e. The largest absolute Gasteiger partial charge is 0.382 e. The Hall–Kier alpha value is -3.82. The third-order valence-electron chi connectivity index (χ3n) is 7.20. The van der Waals surface area contributed by atoms with E-state index < -0.39 is 10.0 Å². The van der Waals surface area contributed by atoms with E-state index in [-0.39, 0.29) is 0 Å². The number of nitrogens with zero attached hydrogens (tertiary/aromatic N) is 5. The Bertz CT molecular complexity index is 1710. The minimum Gasteiger partial charge on any atom is -0.382 e. The average molecular weight is 513 g/mol. The third kappa shape index (κ3) is 4.56. The second-order valence-electron chi connectivity index (χ2n) is 9.69. The molecule has 9 heteroatoms. The number of nitrogen functional groups attached to an aromatic ring is 1. The fraction of sp³-hybridized carbons (Fsp3) is 0.250. The van der Waals surface area contributed by atoms with Gasteiger partial charge in [0.25, 0.3) is 0 Å². The zero-order valence-corrected chi connectivity index (χ0v) is 21.4. The first kappa shape index (κ1) is 23.6. The number of nitrogens with two attached hydrogens (primary N) is 1. The third-order valence-corrected chi connectivity index (χ3v) is 8.51. The molecule has 0 bridgehead atoms. The molecule has 0 saturated carbocycles. The van der Waals surface area contributed by atoms with Crippen molar-refractivity contribution in [2.75, 3.05) is 25.1 Å². The molecule has 6 rings (SSSR count). The van der Waals surface area contributed by atoms with Gasteiger partial charge in [0.15, 0.2) is 0 Å². The van der Waals surface area contributed by atoms with Crippen LogP contribution in [0.1, 0.15) is 18.7 Å². The number of sulfonamides is 1. The van der Waals surface area contributed by atoms with Crippen molar-refractivity contribution < 1.29 is 8.42 Å². The van der Waals surface area contributed by atoms with E-state index in [0.717, 1.165) is 64.0 Å². The summed E-state index contributed by atoms with van der Waals surface area (Å²) in [6.07, 6.45) is 7.22. The van der Waals surface area contributed by atoms with Gasteiger partial charge in [-0.15, -0.1) is 0 Å². The van der Waals surface area contributed by atoms with Gasteiger partial charge in [0.2, 0.25) is 10.0 Å². The van der Waals surface area contributed by atoms with Crippen LogP contribution in [0.15, 0.2) is 73.1 Å². The van der Waals surface area contributed by atoms with Crippen LogP contribution >= 0.6 is 0 Å². The van der Waals surface area contributed by atoms with Gasteiger partial charge in [-0.1, -0.05) is 48.5 Å². The summed E-state index contributed by atoms with van der Waals surface area (Å²) in [5, 5.41) is 1.05. The number of benzene rings is 2. The number of hydrogen-bond acceptors (Lipinski definition) is 6. The Morgan fingerprint density at radius 1 is 0.973 bits per heavy atom. The predicted molar refractivity (Wildman–Crippen MR) is 146 cm³/mol. The zero-order chi connectivity index (χ0) is 25.6. The Labute approximate surface area is 215 Å². The normalized spacial score (nSPS) is 15.5. The van der Waals surface area contributed by atoms with Gasteiger partial charge in [-0.3, -0.25) is 4.40 Å². The molecule has 1 saturated heterocycles. The molecule has 5 aromatic rings. The topological polar surface area (TPSA) is 106 Å². The van der Waals surface area contributed by atoms with Crippen molar-refractivity contribution in [3.8, 4) is 22.5 Å². The highest BCUT2D eigenvalue weighted by Crippen LogP contribution is 2.32. The second-order valence-corrected chi connectivity index (χ2v) is 11.7. The Kier molecular flexibility index (Phi) is 5.89. The SMILES string of the molecule is CS(=O)(=O)N1CCC(Cc2nc(-c3ccc4ccc(-c5ccccc5)nc4c3)c3c(N)nccn23)CC1. The molecule has 0 atom stereocenters. The highest BCUT2D eigenvalue weighted by atomic mass is 32.2. The molecule has 188 valence electrons. The lowest BCUT2D eigenvalue weighted by atomic mass is 9.94. The van der Waals surface area contributed by atoms with Gasteiger partial charge in [0, 0.05) is 48.4 Å². The first-order valence-corrected chi connectivity index (χ1v) is 14.2. The molecule has 1 fully saturated rings. The van der Waals surface area contributed by atoms with Crippen molar-refractivity contribution in [2.45, 2.75) is 19.3 Å². The van der Waals surface area contributed by atoms with Crippen molar-refractivity contribution in [3.05, 3.63) is 78.9 Å². The molecule has 37 heavy (non-hydrogen) atoms. The van der Waals surface area contributed by atoms with Crippen LogP contribution in [0.2, 0.25) is 0 Å².